The summed E-state index contributed by atoms with van der Waals surface area (Å²) in [4.78, 5) is 20.9. The third-order valence-corrected chi connectivity index (χ3v) is 2.24. The molecule has 1 aromatic rings. The van der Waals surface area contributed by atoms with Gasteiger partial charge in [0.1, 0.15) is 0 Å². The van der Waals surface area contributed by atoms with Crippen molar-refractivity contribution in [3.63, 3.8) is 0 Å². The van der Waals surface area contributed by atoms with Crippen LogP contribution in [0.2, 0.25) is 0 Å². The topological polar surface area (TPSA) is 83.3 Å². The summed E-state index contributed by atoms with van der Waals surface area (Å²) in [5, 5.41) is 21.4. The van der Waals surface area contributed by atoms with E-state index in [0.717, 1.165) is 6.07 Å². The zero-order valence-electron chi connectivity index (χ0n) is 9.31. The zero-order chi connectivity index (χ0) is 12.5. The highest BCUT2D eigenvalue weighted by molar-refractivity contribution is 5.87. The molecule has 0 saturated heterocycles. The van der Waals surface area contributed by atoms with Crippen LogP contribution in [0, 0.1) is 10.1 Å². The number of aromatic carboxylic acids is 1. The van der Waals surface area contributed by atoms with Gasteiger partial charge in [-0.15, -0.1) is 0 Å². The van der Waals surface area contributed by atoms with E-state index >= 15 is 0 Å². The van der Waals surface area contributed by atoms with Crippen molar-refractivity contribution in [3.05, 3.63) is 39.4 Å². The molecule has 0 N–H and O–H groups in total. The molecule has 86 valence electrons. The first-order valence-corrected chi connectivity index (χ1v) is 4.74. The highest BCUT2D eigenvalue weighted by Crippen LogP contribution is 2.31. The summed E-state index contributed by atoms with van der Waals surface area (Å²) < 4.78 is 0. The second kappa shape index (κ2) is 3.92. The van der Waals surface area contributed by atoms with Gasteiger partial charge in [-0.1, -0.05) is 32.9 Å². The lowest BCUT2D eigenvalue weighted by Crippen LogP contribution is -2.23. The first kappa shape index (κ1) is 12.2. The van der Waals surface area contributed by atoms with E-state index in [1.54, 1.807) is 0 Å². The van der Waals surface area contributed by atoms with E-state index in [2.05, 4.69) is 0 Å². The Labute approximate surface area is 92.9 Å². The fourth-order valence-corrected chi connectivity index (χ4v) is 1.44. The summed E-state index contributed by atoms with van der Waals surface area (Å²) in [6.07, 6.45) is 0. The number of benzene rings is 1. The third-order valence-electron chi connectivity index (χ3n) is 2.24. The minimum absolute atomic E-state index is 0.181. The van der Waals surface area contributed by atoms with Crippen molar-refractivity contribution in [2.24, 2.45) is 0 Å². The summed E-state index contributed by atoms with van der Waals surface area (Å²) in [6, 6.07) is 3.82. The fraction of sp³-hybridized carbons (Fsp3) is 0.364. The first-order valence-electron chi connectivity index (χ1n) is 4.74. The first-order chi connectivity index (χ1) is 7.23. The van der Waals surface area contributed by atoms with Crippen molar-refractivity contribution in [2.45, 2.75) is 26.2 Å². The van der Waals surface area contributed by atoms with Crippen LogP contribution in [0.4, 0.5) is 5.69 Å². The summed E-state index contributed by atoms with van der Waals surface area (Å²) in [6.45, 7) is 5.48. The van der Waals surface area contributed by atoms with Crippen molar-refractivity contribution in [1.82, 2.24) is 0 Å². The van der Waals surface area contributed by atoms with E-state index in [0.29, 0.717) is 5.56 Å². The Bertz CT molecular complexity index is 446. The molecule has 0 aliphatic heterocycles. The van der Waals surface area contributed by atoms with E-state index in [1.807, 2.05) is 20.8 Å². The molecule has 1 aromatic carbocycles. The summed E-state index contributed by atoms with van der Waals surface area (Å²) >= 11 is 0. The molecule has 5 heteroatoms. The molecular weight excluding hydrogens is 210 g/mol. The van der Waals surface area contributed by atoms with Gasteiger partial charge < -0.3 is 9.90 Å². The van der Waals surface area contributed by atoms with Crippen LogP contribution in [-0.2, 0) is 5.41 Å². The Morgan fingerprint density at radius 2 is 1.88 bits per heavy atom. The number of nitro benzene ring substituents is 1. The lowest BCUT2D eigenvalue weighted by Gasteiger charge is -2.19. The van der Waals surface area contributed by atoms with Crippen LogP contribution in [0.5, 0.6) is 0 Å². The zero-order valence-corrected chi connectivity index (χ0v) is 9.31. The van der Waals surface area contributed by atoms with Gasteiger partial charge in [0.15, 0.2) is 0 Å². The Hall–Kier alpha value is -1.91. The van der Waals surface area contributed by atoms with Crippen LogP contribution < -0.4 is 5.11 Å². The summed E-state index contributed by atoms with van der Waals surface area (Å²) in [7, 11) is 0. The van der Waals surface area contributed by atoms with Gasteiger partial charge in [-0.2, -0.15) is 0 Å². The monoisotopic (exact) mass is 222 g/mol. The lowest BCUT2D eigenvalue weighted by atomic mass is 9.85. The molecule has 0 amide bonds. The molecule has 0 atom stereocenters. The lowest BCUT2D eigenvalue weighted by molar-refractivity contribution is -0.386. The highest BCUT2D eigenvalue weighted by atomic mass is 16.6. The van der Waals surface area contributed by atoms with Gasteiger partial charge in [0.2, 0.25) is 0 Å². The predicted molar refractivity (Wildman–Crippen MR) is 56.1 cm³/mol. The molecule has 0 aliphatic carbocycles. The van der Waals surface area contributed by atoms with E-state index in [9.17, 15) is 20.0 Å². The van der Waals surface area contributed by atoms with Gasteiger partial charge in [-0.3, -0.25) is 10.1 Å². The van der Waals surface area contributed by atoms with Crippen LogP contribution in [-0.4, -0.2) is 10.9 Å². The Kier molecular flexibility index (Phi) is 2.98. The number of hydrogen-bond donors (Lipinski definition) is 0. The van der Waals surface area contributed by atoms with Crippen molar-refractivity contribution >= 4 is 11.7 Å². The Balaban J connectivity index is 3.43. The van der Waals surface area contributed by atoms with E-state index in [1.165, 1.54) is 12.1 Å². The molecule has 5 nitrogen and oxygen atoms in total. The molecule has 0 spiro atoms. The van der Waals surface area contributed by atoms with Gasteiger partial charge in [0.25, 0.3) is 5.69 Å². The van der Waals surface area contributed by atoms with Crippen LogP contribution in [0.25, 0.3) is 0 Å². The molecule has 0 radical (unpaired) electrons. The molecule has 0 bridgehead atoms. The Morgan fingerprint density at radius 1 is 1.31 bits per heavy atom. The average molecular weight is 222 g/mol. The molecule has 0 heterocycles. The normalized spacial score (nSPS) is 11.2. The van der Waals surface area contributed by atoms with E-state index < -0.39 is 16.3 Å². The number of carbonyl (C=O) groups excluding carboxylic acids is 1. The van der Waals surface area contributed by atoms with Gasteiger partial charge in [0, 0.05) is 17.2 Å². The van der Waals surface area contributed by atoms with Crippen molar-refractivity contribution in [1.29, 1.82) is 0 Å². The van der Waals surface area contributed by atoms with Gasteiger partial charge in [-0.05, 0) is 5.41 Å². The van der Waals surface area contributed by atoms with E-state index in [4.69, 9.17) is 0 Å². The van der Waals surface area contributed by atoms with Crippen LogP contribution in [0.15, 0.2) is 18.2 Å². The smallest absolute Gasteiger partial charge is 0.273 e. The van der Waals surface area contributed by atoms with Crippen LogP contribution in [0.3, 0.4) is 0 Å². The van der Waals surface area contributed by atoms with Crippen molar-refractivity contribution in [3.8, 4) is 0 Å². The molecule has 0 aliphatic rings. The van der Waals surface area contributed by atoms with Crippen LogP contribution in [0.1, 0.15) is 36.7 Å². The fourth-order valence-electron chi connectivity index (χ4n) is 1.44. The standard InChI is InChI=1S/C11H13NO4/c1-11(2,3)8-5-4-7(10(13)14)6-9(8)12(15)16/h4-6H,1-3H3,(H,13,14)/p-1. The third kappa shape index (κ3) is 2.36. The minimum atomic E-state index is -1.41. The number of nitrogens with zero attached hydrogens (tertiary/aromatic N) is 1. The average Bonchev–Trinajstić information content (AvgIpc) is 2.15. The Morgan fingerprint density at radius 3 is 2.25 bits per heavy atom. The largest absolute Gasteiger partial charge is 0.545 e. The maximum Gasteiger partial charge on any atom is 0.273 e. The van der Waals surface area contributed by atoms with Gasteiger partial charge in [-0.25, -0.2) is 0 Å². The van der Waals surface area contributed by atoms with Gasteiger partial charge in [0.05, 0.1) is 10.9 Å². The molecule has 0 fully saturated rings. The second-order valence-corrected chi connectivity index (χ2v) is 4.53. The molecule has 0 unspecified atom stereocenters. The van der Waals surface area contributed by atoms with E-state index in [-0.39, 0.29) is 11.3 Å². The number of rotatable bonds is 2. The molecule has 16 heavy (non-hydrogen) atoms. The highest BCUT2D eigenvalue weighted by Gasteiger charge is 2.24. The maximum absolute atomic E-state index is 10.8. The maximum atomic E-state index is 10.8. The molecule has 1 rings (SSSR count). The molecule has 0 saturated carbocycles. The quantitative estimate of drug-likeness (QED) is 0.557. The minimum Gasteiger partial charge on any atom is -0.545 e. The molecule has 0 aromatic heterocycles. The summed E-state index contributed by atoms with van der Waals surface area (Å²) in [5.74, 6) is -1.41. The SMILES string of the molecule is CC(C)(C)c1ccc(C(=O)[O-])cc1[N+](=O)[O-]. The van der Waals surface area contributed by atoms with Crippen molar-refractivity contribution in [2.75, 3.05) is 0 Å². The number of nitro groups is 1. The van der Waals surface area contributed by atoms with Crippen LogP contribution >= 0.6 is 0 Å². The number of carboxylic acids is 1. The second-order valence-electron chi connectivity index (χ2n) is 4.53. The predicted octanol–water partition coefficient (Wildman–Crippen LogP) is 1.26. The molecular formula is C11H12NO4-. The summed E-state index contributed by atoms with van der Waals surface area (Å²) in [5.41, 5.74) is -0.274. The van der Waals surface area contributed by atoms with Gasteiger partial charge >= 0.3 is 0 Å². The number of carboxylic acid groups (broad SMARTS) is 1. The van der Waals surface area contributed by atoms with Crippen molar-refractivity contribution < 1.29 is 14.8 Å². The number of carbonyl (C=O) groups is 1. The number of hydrogen-bond acceptors (Lipinski definition) is 4.